The quantitative estimate of drug-likeness (QED) is 0.706. The fourth-order valence-corrected chi connectivity index (χ4v) is 4.57. The number of carbonyl (C=O) groups excluding carboxylic acids is 1. The van der Waals surface area contributed by atoms with Crippen LogP contribution in [0.1, 0.15) is 19.4 Å². The molecule has 5 rings (SSSR count). The molecule has 0 aliphatic carbocycles. The average Bonchev–Trinajstić information content (AvgIpc) is 3.38. The number of nitrogens with zero attached hydrogens (tertiary/aromatic N) is 2. The average molecular weight is 393 g/mol. The van der Waals surface area contributed by atoms with E-state index in [1.165, 1.54) is 5.56 Å². The number of fused-ring (bicyclic) bond motifs is 2. The number of amides is 1. The van der Waals surface area contributed by atoms with Gasteiger partial charge in [-0.05, 0) is 43.2 Å². The van der Waals surface area contributed by atoms with E-state index in [2.05, 4.69) is 18.3 Å². The van der Waals surface area contributed by atoms with E-state index >= 15 is 0 Å². The maximum atomic E-state index is 11.9. The summed E-state index contributed by atoms with van der Waals surface area (Å²) in [5.74, 6) is 1.59. The van der Waals surface area contributed by atoms with E-state index < -0.39 is 0 Å². The largest absolute Gasteiger partial charge is 0.454 e. The molecule has 2 aliphatic rings. The van der Waals surface area contributed by atoms with Gasteiger partial charge in [-0.3, -0.25) is 4.79 Å². The molecule has 7 heteroatoms. The summed E-state index contributed by atoms with van der Waals surface area (Å²) >= 11 is 1.55. The van der Waals surface area contributed by atoms with Gasteiger partial charge in [-0.2, -0.15) is 0 Å². The maximum Gasteiger partial charge on any atom is 0.231 e. The van der Waals surface area contributed by atoms with Gasteiger partial charge in [0.1, 0.15) is 0 Å². The molecular weight excluding hydrogens is 374 g/mol. The van der Waals surface area contributed by atoms with Gasteiger partial charge < -0.3 is 19.7 Å². The van der Waals surface area contributed by atoms with Crippen LogP contribution in [0.3, 0.4) is 0 Å². The third-order valence-corrected chi connectivity index (χ3v) is 5.82. The van der Waals surface area contributed by atoms with Crippen molar-refractivity contribution in [3.05, 3.63) is 47.3 Å². The molecule has 0 bridgehead atoms. The zero-order valence-electron chi connectivity index (χ0n) is 15.6. The summed E-state index contributed by atoms with van der Waals surface area (Å²) in [4.78, 5) is 18.5. The third-order valence-electron chi connectivity index (χ3n) is 5.06. The van der Waals surface area contributed by atoms with Gasteiger partial charge in [0.15, 0.2) is 16.6 Å². The minimum absolute atomic E-state index is 0.0860. The Kier molecular flexibility index (Phi) is 3.98. The fourth-order valence-electron chi connectivity index (χ4n) is 3.83. The zero-order chi connectivity index (χ0) is 19.3. The minimum atomic E-state index is 0.0860. The second-order valence-electron chi connectivity index (χ2n) is 7.02. The molecule has 1 amide bonds. The number of aromatic nitrogens is 1. The Morgan fingerprint density at radius 2 is 2.07 bits per heavy atom. The van der Waals surface area contributed by atoms with E-state index in [9.17, 15) is 4.79 Å². The summed E-state index contributed by atoms with van der Waals surface area (Å²) in [6, 6.07) is 12.2. The number of carbonyl (C=O) groups is 1. The van der Waals surface area contributed by atoms with Crippen molar-refractivity contribution in [2.45, 2.75) is 26.3 Å². The highest BCUT2D eigenvalue weighted by molar-refractivity contribution is 7.14. The van der Waals surface area contributed by atoms with E-state index in [1.807, 2.05) is 40.6 Å². The van der Waals surface area contributed by atoms with Crippen molar-refractivity contribution in [1.82, 2.24) is 4.98 Å². The molecule has 6 nitrogen and oxygen atoms in total. The molecule has 3 heterocycles. The van der Waals surface area contributed by atoms with Crippen molar-refractivity contribution in [2.24, 2.45) is 0 Å². The van der Waals surface area contributed by atoms with Crippen LogP contribution in [0.2, 0.25) is 0 Å². The summed E-state index contributed by atoms with van der Waals surface area (Å²) in [5.41, 5.74) is 5.09. The van der Waals surface area contributed by atoms with Crippen LogP contribution < -0.4 is 19.7 Å². The van der Waals surface area contributed by atoms with Gasteiger partial charge in [0.05, 0.1) is 5.69 Å². The Labute approximate surface area is 166 Å². The molecule has 1 aromatic heterocycles. The van der Waals surface area contributed by atoms with Crippen LogP contribution in [0.5, 0.6) is 11.5 Å². The second kappa shape index (κ2) is 6.53. The lowest BCUT2D eigenvalue weighted by Gasteiger charge is -2.20. The molecule has 0 saturated carbocycles. The Morgan fingerprint density at radius 3 is 2.93 bits per heavy atom. The van der Waals surface area contributed by atoms with Gasteiger partial charge in [-0.15, -0.1) is 11.3 Å². The van der Waals surface area contributed by atoms with Crippen molar-refractivity contribution >= 4 is 33.8 Å². The van der Waals surface area contributed by atoms with Gasteiger partial charge in [0.2, 0.25) is 12.7 Å². The summed E-state index contributed by atoms with van der Waals surface area (Å²) in [6.45, 7) is 3.96. The minimum Gasteiger partial charge on any atom is -0.454 e. The highest BCUT2D eigenvalue weighted by atomic mass is 32.1. The maximum absolute atomic E-state index is 11.9. The van der Waals surface area contributed by atoms with Crippen molar-refractivity contribution in [3.63, 3.8) is 0 Å². The molecule has 0 fully saturated rings. The number of anilines is 3. The number of thiazole rings is 1. The Balaban J connectivity index is 1.38. The van der Waals surface area contributed by atoms with Gasteiger partial charge in [0.25, 0.3) is 0 Å². The van der Waals surface area contributed by atoms with Crippen LogP contribution >= 0.6 is 11.3 Å². The van der Waals surface area contributed by atoms with Gasteiger partial charge >= 0.3 is 0 Å². The van der Waals surface area contributed by atoms with E-state index in [0.29, 0.717) is 0 Å². The molecule has 28 heavy (non-hydrogen) atoms. The summed E-state index contributed by atoms with van der Waals surface area (Å²) in [5, 5.41) is 6.18. The van der Waals surface area contributed by atoms with E-state index in [1.54, 1.807) is 18.3 Å². The Bertz CT molecular complexity index is 1080. The number of hydrogen-bond acceptors (Lipinski definition) is 6. The van der Waals surface area contributed by atoms with Crippen molar-refractivity contribution in [1.29, 1.82) is 0 Å². The Hall–Kier alpha value is -3.06. The van der Waals surface area contributed by atoms with Gasteiger partial charge in [0, 0.05) is 41.4 Å². The molecule has 0 saturated heterocycles. The first kappa shape index (κ1) is 17.1. The number of hydrogen-bond donors (Lipinski definition) is 1. The molecule has 1 N–H and O–H groups in total. The highest BCUT2D eigenvalue weighted by Gasteiger charge is 2.29. The number of nitrogens with one attached hydrogen (secondary N) is 1. The van der Waals surface area contributed by atoms with E-state index in [4.69, 9.17) is 14.5 Å². The van der Waals surface area contributed by atoms with E-state index in [0.717, 1.165) is 45.7 Å². The lowest BCUT2D eigenvalue weighted by atomic mass is 10.1. The molecule has 3 aromatic rings. The van der Waals surface area contributed by atoms with Crippen molar-refractivity contribution in [2.75, 3.05) is 17.0 Å². The molecule has 142 valence electrons. The summed E-state index contributed by atoms with van der Waals surface area (Å²) in [6.07, 6.45) is 0.870. The lowest BCUT2D eigenvalue weighted by molar-refractivity contribution is -0.116. The topological polar surface area (TPSA) is 63.7 Å². The number of ether oxygens (including phenoxy) is 2. The van der Waals surface area contributed by atoms with Gasteiger partial charge in [-0.1, -0.05) is 6.07 Å². The lowest BCUT2D eigenvalue weighted by Crippen LogP contribution is -2.33. The van der Waals surface area contributed by atoms with Crippen LogP contribution in [-0.4, -0.2) is 23.7 Å². The first-order valence-electron chi connectivity index (χ1n) is 9.14. The molecule has 2 aliphatic heterocycles. The SMILES string of the molecule is CC(=O)N1c2ccc(-c3csc(Nc4ccc5c(c4)OCO5)n3)cc2CC1C. The van der Waals surface area contributed by atoms with Gasteiger partial charge in [-0.25, -0.2) is 4.98 Å². The molecular formula is C21H19N3O3S. The normalized spacial score (nSPS) is 16.9. The number of rotatable bonds is 3. The standard InChI is InChI=1S/C21H19N3O3S/c1-12-7-15-8-14(3-5-18(15)24(12)13(2)25)17-10-28-21(23-17)22-16-4-6-19-20(9-16)27-11-26-19/h3-6,8-10,12H,7,11H2,1-2H3,(H,22,23). The van der Waals surface area contributed by atoms with Crippen molar-refractivity contribution in [3.8, 4) is 22.8 Å². The molecule has 0 spiro atoms. The van der Waals surface area contributed by atoms with Crippen LogP contribution in [0.4, 0.5) is 16.5 Å². The Morgan fingerprint density at radius 1 is 1.21 bits per heavy atom. The molecule has 0 radical (unpaired) electrons. The predicted octanol–water partition coefficient (Wildman–Crippen LogP) is 4.58. The van der Waals surface area contributed by atoms with Crippen LogP contribution in [0.25, 0.3) is 11.3 Å². The summed E-state index contributed by atoms with van der Waals surface area (Å²) < 4.78 is 10.8. The van der Waals surface area contributed by atoms with E-state index in [-0.39, 0.29) is 18.7 Å². The smallest absolute Gasteiger partial charge is 0.231 e. The number of benzene rings is 2. The first-order chi connectivity index (χ1) is 13.6. The zero-order valence-corrected chi connectivity index (χ0v) is 16.4. The fraction of sp³-hybridized carbons (Fsp3) is 0.238. The first-order valence-corrected chi connectivity index (χ1v) is 10.0. The highest BCUT2D eigenvalue weighted by Crippen LogP contribution is 2.38. The van der Waals surface area contributed by atoms with Crippen molar-refractivity contribution < 1.29 is 14.3 Å². The predicted molar refractivity (Wildman–Crippen MR) is 110 cm³/mol. The van der Waals surface area contributed by atoms with Crippen LogP contribution in [-0.2, 0) is 11.2 Å². The monoisotopic (exact) mass is 393 g/mol. The summed E-state index contributed by atoms with van der Waals surface area (Å²) in [7, 11) is 0. The third kappa shape index (κ3) is 2.88. The molecule has 1 atom stereocenters. The van der Waals surface area contributed by atoms with Crippen LogP contribution in [0, 0.1) is 0 Å². The molecule has 1 unspecified atom stereocenters. The second-order valence-corrected chi connectivity index (χ2v) is 7.87. The van der Waals surface area contributed by atoms with Crippen LogP contribution in [0.15, 0.2) is 41.8 Å². The molecule has 2 aromatic carbocycles.